The summed E-state index contributed by atoms with van der Waals surface area (Å²) < 4.78 is 5.06. The second-order valence-electron chi connectivity index (χ2n) is 6.48. The van der Waals surface area contributed by atoms with Crippen LogP contribution < -0.4 is 10.6 Å². The number of hydrogen-bond donors (Lipinski definition) is 3. The minimum absolute atomic E-state index is 0.273. The largest absolute Gasteiger partial charge is 0.464 e. The van der Waals surface area contributed by atoms with Gasteiger partial charge in [0.2, 0.25) is 0 Å². The Bertz CT molecular complexity index is 1030. The van der Waals surface area contributed by atoms with Crippen molar-refractivity contribution in [3.8, 4) is 0 Å². The number of anilines is 1. The summed E-state index contributed by atoms with van der Waals surface area (Å²) in [6, 6.07) is 6.41. The van der Waals surface area contributed by atoms with Crippen LogP contribution >= 0.6 is 23.5 Å². The Kier molecular flexibility index (Phi) is 8.53. The molecular formula is C20H24N6O3S2. The molecule has 0 aliphatic carbocycles. The Labute approximate surface area is 188 Å². The van der Waals surface area contributed by atoms with Crippen LogP contribution in [0.5, 0.6) is 0 Å². The summed E-state index contributed by atoms with van der Waals surface area (Å²) in [7, 11) is 0. The van der Waals surface area contributed by atoms with Crippen LogP contribution in [0.3, 0.4) is 0 Å². The first kappa shape index (κ1) is 22.9. The average Bonchev–Trinajstić information content (AvgIpc) is 3.25. The monoisotopic (exact) mass is 460 g/mol. The second-order valence-corrected chi connectivity index (χ2v) is 8.43. The fourth-order valence-corrected chi connectivity index (χ4v) is 4.18. The van der Waals surface area contributed by atoms with Crippen molar-refractivity contribution in [2.45, 2.75) is 30.2 Å². The molecule has 1 aromatic carbocycles. The van der Waals surface area contributed by atoms with Gasteiger partial charge in [-0.15, -0.1) is 11.8 Å². The molecule has 1 atom stereocenters. The molecule has 2 aromatic heterocycles. The zero-order chi connectivity index (χ0) is 22.1. The molecule has 0 bridgehead atoms. The van der Waals surface area contributed by atoms with Gasteiger partial charge in [-0.05, 0) is 43.0 Å². The molecule has 3 N–H and O–H groups in total. The lowest BCUT2D eigenvalue weighted by Gasteiger charge is -2.17. The number of rotatable bonds is 10. The van der Waals surface area contributed by atoms with Gasteiger partial charge in [0, 0.05) is 11.4 Å². The van der Waals surface area contributed by atoms with E-state index < -0.39 is 18.0 Å². The Morgan fingerprint density at radius 2 is 2.16 bits per heavy atom. The van der Waals surface area contributed by atoms with Gasteiger partial charge in [-0.25, -0.2) is 19.6 Å². The van der Waals surface area contributed by atoms with E-state index in [0.717, 1.165) is 21.7 Å². The van der Waals surface area contributed by atoms with Gasteiger partial charge in [0.1, 0.15) is 17.4 Å². The van der Waals surface area contributed by atoms with Crippen molar-refractivity contribution < 1.29 is 14.3 Å². The predicted molar refractivity (Wildman–Crippen MR) is 123 cm³/mol. The molecule has 0 aliphatic heterocycles. The van der Waals surface area contributed by atoms with Crippen LogP contribution in [0.25, 0.3) is 11.0 Å². The first-order chi connectivity index (χ1) is 15.1. The van der Waals surface area contributed by atoms with E-state index >= 15 is 0 Å². The maximum Gasteiger partial charge on any atom is 0.328 e. The molecule has 0 radical (unpaired) electrons. The molecule has 0 saturated carbocycles. The minimum atomic E-state index is -0.679. The SMILES string of the molecule is CCOC(=O)C(CCSC)NC(=O)Nc1cccc(CSc2ncnc3[nH]ncc23)c1. The predicted octanol–water partition coefficient (Wildman–Crippen LogP) is 3.45. The number of fused-ring (bicyclic) bond motifs is 1. The Balaban J connectivity index is 1.59. The Morgan fingerprint density at radius 3 is 2.97 bits per heavy atom. The summed E-state index contributed by atoms with van der Waals surface area (Å²) >= 11 is 3.17. The van der Waals surface area contributed by atoms with Crippen LogP contribution in [-0.4, -0.2) is 56.8 Å². The summed E-state index contributed by atoms with van der Waals surface area (Å²) in [6.45, 7) is 2.02. The zero-order valence-corrected chi connectivity index (χ0v) is 18.9. The number of H-pyrrole nitrogens is 1. The average molecular weight is 461 g/mol. The van der Waals surface area contributed by atoms with Gasteiger partial charge >= 0.3 is 12.0 Å². The molecule has 3 aromatic rings. The number of benzene rings is 1. The summed E-state index contributed by atoms with van der Waals surface area (Å²) in [6.07, 6.45) is 5.66. The van der Waals surface area contributed by atoms with Gasteiger partial charge in [0.15, 0.2) is 5.65 Å². The van der Waals surface area contributed by atoms with E-state index in [1.165, 1.54) is 6.33 Å². The lowest BCUT2D eigenvalue weighted by atomic mass is 10.2. The number of carbonyl (C=O) groups excluding carboxylic acids is 2. The fraction of sp³-hybridized carbons (Fsp3) is 0.350. The number of nitrogens with one attached hydrogen (secondary N) is 3. The number of esters is 1. The third kappa shape index (κ3) is 6.59. The van der Waals surface area contributed by atoms with E-state index in [-0.39, 0.29) is 6.61 Å². The number of amides is 2. The lowest BCUT2D eigenvalue weighted by Crippen LogP contribution is -2.44. The standard InChI is InChI=1S/C20H24N6O3S2/c1-3-29-19(27)16(7-8-30-2)25-20(28)24-14-6-4-5-13(9-14)11-31-18-15-10-23-26-17(15)21-12-22-18/h4-6,9-10,12,16H,3,7-8,11H2,1-2H3,(H2,24,25,28)(H,21,22,23,26). The molecule has 0 saturated heterocycles. The van der Waals surface area contributed by atoms with Crippen molar-refractivity contribution in [3.05, 3.63) is 42.4 Å². The second kappa shape index (κ2) is 11.6. The van der Waals surface area contributed by atoms with Gasteiger partial charge in [0.05, 0.1) is 18.2 Å². The van der Waals surface area contributed by atoms with Crippen molar-refractivity contribution in [1.29, 1.82) is 0 Å². The van der Waals surface area contributed by atoms with Crippen LogP contribution in [0.4, 0.5) is 10.5 Å². The van der Waals surface area contributed by atoms with E-state index in [1.807, 2.05) is 24.5 Å². The first-order valence-electron chi connectivity index (χ1n) is 9.69. The van der Waals surface area contributed by atoms with Crippen LogP contribution in [0.2, 0.25) is 0 Å². The number of aromatic amines is 1. The van der Waals surface area contributed by atoms with Crippen molar-refractivity contribution in [2.24, 2.45) is 0 Å². The zero-order valence-electron chi connectivity index (χ0n) is 17.3. The molecule has 0 fully saturated rings. The highest BCUT2D eigenvalue weighted by Crippen LogP contribution is 2.27. The molecule has 2 amide bonds. The highest BCUT2D eigenvalue weighted by molar-refractivity contribution is 7.98. The third-order valence-electron chi connectivity index (χ3n) is 4.26. The summed E-state index contributed by atoms with van der Waals surface area (Å²) in [4.78, 5) is 33.0. The summed E-state index contributed by atoms with van der Waals surface area (Å²) in [5.74, 6) is 0.976. The topological polar surface area (TPSA) is 122 Å². The van der Waals surface area contributed by atoms with Crippen molar-refractivity contribution in [3.63, 3.8) is 0 Å². The molecule has 9 nitrogen and oxygen atoms in total. The maximum atomic E-state index is 12.4. The molecule has 0 spiro atoms. The molecule has 31 heavy (non-hydrogen) atoms. The molecule has 3 rings (SSSR count). The van der Waals surface area contributed by atoms with E-state index in [1.54, 1.807) is 42.7 Å². The number of aromatic nitrogens is 4. The Morgan fingerprint density at radius 1 is 1.29 bits per heavy atom. The van der Waals surface area contributed by atoms with Gasteiger partial charge < -0.3 is 15.4 Å². The van der Waals surface area contributed by atoms with E-state index in [9.17, 15) is 9.59 Å². The van der Waals surface area contributed by atoms with E-state index in [2.05, 4.69) is 30.8 Å². The normalized spacial score (nSPS) is 11.8. The van der Waals surface area contributed by atoms with Gasteiger partial charge in [0.25, 0.3) is 0 Å². The van der Waals surface area contributed by atoms with Crippen LogP contribution in [-0.2, 0) is 15.3 Å². The Hall–Kier alpha value is -2.79. The number of nitrogens with zero attached hydrogens (tertiary/aromatic N) is 3. The summed E-state index contributed by atoms with van der Waals surface area (Å²) in [5.41, 5.74) is 2.35. The first-order valence-corrected chi connectivity index (χ1v) is 12.1. The third-order valence-corrected chi connectivity index (χ3v) is 5.98. The van der Waals surface area contributed by atoms with Gasteiger partial charge in [-0.1, -0.05) is 12.1 Å². The van der Waals surface area contributed by atoms with Crippen molar-refractivity contribution in [2.75, 3.05) is 23.9 Å². The smallest absolute Gasteiger partial charge is 0.328 e. The minimum Gasteiger partial charge on any atom is -0.464 e. The number of ether oxygens (including phenoxy) is 1. The highest BCUT2D eigenvalue weighted by atomic mass is 32.2. The van der Waals surface area contributed by atoms with Gasteiger partial charge in [-0.2, -0.15) is 16.9 Å². The molecule has 164 valence electrons. The van der Waals surface area contributed by atoms with Crippen molar-refractivity contribution >= 4 is 52.2 Å². The number of carbonyl (C=O) groups is 2. The quantitative estimate of drug-likeness (QED) is 0.239. The molecule has 0 aliphatic rings. The number of hydrogen-bond acceptors (Lipinski definition) is 8. The molecule has 11 heteroatoms. The molecule has 2 heterocycles. The maximum absolute atomic E-state index is 12.4. The van der Waals surface area contributed by atoms with Crippen LogP contribution in [0, 0.1) is 0 Å². The lowest BCUT2D eigenvalue weighted by molar-refractivity contribution is -0.145. The molecule has 1 unspecified atom stereocenters. The number of thioether (sulfide) groups is 2. The van der Waals surface area contributed by atoms with Crippen molar-refractivity contribution in [1.82, 2.24) is 25.5 Å². The fourth-order valence-electron chi connectivity index (χ4n) is 2.80. The van der Waals surface area contributed by atoms with Crippen LogP contribution in [0.1, 0.15) is 18.9 Å². The van der Waals surface area contributed by atoms with Gasteiger partial charge in [-0.3, -0.25) is 5.10 Å². The van der Waals surface area contributed by atoms with E-state index in [4.69, 9.17) is 4.74 Å². The molecular weight excluding hydrogens is 436 g/mol. The van der Waals surface area contributed by atoms with Crippen LogP contribution in [0.15, 0.2) is 41.8 Å². The number of urea groups is 1. The highest BCUT2D eigenvalue weighted by Gasteiger charge is 2.21. The van der Waals surface area contributed by atoms with E-state index in [0.29, 0.717) is 23.5 Å². The summed E-state index contributed by atoms with van der Waals surface area (Å²) in [5, 5.41) is 14.0.